The first-order valence-electron chi connectivity index (χ1n) is 8.01. The molecular weight excluding hydrogens is 282 g/mol. The summed E-state index contributed by atoms with van der Waals surface area (Å²) in [4.78, 5) is 26.4. The molecule has 6 heteroatoms. The fourth-order valence-corrected chi connectivity index (χ4v) is 3.68. The van der Waals surface area contributed by atoms with E-state index in [1.165, 1.54) is 0 Å². The third-order valence-electron chi connectivity index (χ3n) is 5.19. The van der Waals surface area contributed by atoms with Crippen LogP contribution in [0, 0.1) is 22.7 Å². The number of carbonyl (C=O) groups is 2. The number of nitrogens with two attached hydrogens (primary N) is 1. The van der Waals surface area contributed by atoms with Crippen molar-refractivity contribution >= 4 is 12.0 Å². The molecule has 1 heterocycles. The van der Waals surface area contributed by atoms with Gasteiger partial charge in [-0.2, -0.15) is 0 Å². The van der Waals surface area contributed by atoms with Crippen LogP contribution >= 0.6 is 0 Å². The van der Waals surface area contributed by atoms with Crippen molar-refractivity contribution in [1.82, 2.24) is 10.2 Å². The number of alkyl carbamates (subject to hydrolysis) is 1. The van der Waals surface area contributed by atoms with Gasteiger partial charge in [0.15, 0.2) is 0 Å². The highest BCUT2D eigenvalue weighted by Crippen LogP contribution is 2.63. The molecule has 126 valence electrons. The average Bonchev–Trinajstić information content (AvgIpc) is 2.73. The number of ether oxygens (including phenoxy) is 1. The van der Waals surface area contributed by atoms with Gasteiger partial charge in [-0.3, -0.25) is 4.79 Å². The van der Waals surface area contributed by atoms with Crippen molar-refractivity contribution in [2.24, 2.45) is 28.4 Å². The molecule has 2 rings (SSSR count). The number of rotatable bonds is 3. The maximum atomic E-state index is 12.9. The van der Waals surface area contributed by atoms with Gasteiger partial charge in [0, 0.05) is 12.5 Å². The van der Waals surface area contributed by atoms with Crippen LogP contribution in [0.3, 0.4) is 0 Å². The second-order valence-electron chi connectivity index (χ2n) is 8.10. The van der Waals surface area contributed by atoms with Gasteiger partial charge >= 0.3 is 6.09 Å². The molecule has 0 bridgehead atoms. The Hall–Kier alpha value is -1.30. The van der Waals surface area contributed by atoms with E-state index in [9.17, 15) is 9.59 Å². The van der Waals surface area contributed by atoms with E-state index in [1.807, 2.05) is 20.8 Å². The van der Waals surface area contributed by atoms with Crippen molar-refractivity contribution in [2.75, 3.05) is 13.2 Å². The number of carbonyl (C=O) groups excluding carboxylic acids is 2. The van der Waals surface area contributed by atoms with Crippen molar-refractivity contribution in [3.63, 3.8) is 0 Å². The smallest absolute Gasteiger partial charge is 0.407 e. The zero-order valence-corrected chi connectivity index (χ0v) is 14.5. The van der Waals surface area contributed by atoms with Crippen LogP contribution in [-0.4, -0.2) is 42.3 Å². The van der Waals surface area contributed by atoms with Crippen molar-refractivity contribution in [3.8, 4) is 0 Å². The monoisotopic (exact) mass is 311 g/mol. The number of piperidine rings is 1. The molecule has 4 atom stereocenters. The lowest BCUT2D eigenvalue weighted by Crippen LogP contribution is -2.58. The normalized spacial score (nSPS) is 30.5. The van der Waals surface area contributed by atoms with Crippen molar-refractivity contribution < 1.29 is 14.3 Å². The predicted octanol–water partition coefficient (Wildman–Crippen LogP) is 1.55. The Morgan fingerprint density at radius 1 is 1.41 bits per heavy atom. The predicted molar refractivity (Wildman–Crippen MR) is 83.9 cm³/mol. The summed E-state index contributed by atoms with van der Waals surface area (Å²) in [6.45, 7) is 12.9. The van der Waals surface area contributed by atoms with Gasteiger partial charge in [-0.05, 0) is 23.7 Å². The Bertz CT molecular complexity index is 470. The molecule has 1 aliphatic heterocycles. The van der Waals surface area contributed by atoms with E-state index in [4.69, 9.17) is 10.5 Å². The van der Waals surface area contributed by atoms with Crippen LogP contribution in [0.1, 0.15) is 41.5 Å². The second kappa shape index (κ2) is 5.41. The zero-order valence-electron chi connectivity index (χ0n) is 14.5. The molecular formula is C16H29N3O3. The highest BCUT2D eigenvalue weighted by Gasteiger charge is 2.67. The molecule has 0 aromatic rings. The average molecular weight is 311 g/mol. The fourth-order valence-electron chi connectivity index (χ4n) is 3.68. The van der Waals surface area contributed by atoms with E-state index in [-0.39, 0.29) is 24.1 Å². The highest BCUT2D eigenvalue weighted by atomic mass is 16.5. The molecule has 2 aliphatic rings. The van der Waals surface area contributed by atoms with E-state index in [1.54, 1.807) is 11.8 Å². The first-order valence-corrected chi connectivity index (χ1v) is 8.01. The molecule has 2 amide bonds. The third kappa shape index (κ3) is 2.81. The van der Waals surface area contributed by atoms with Gasteiger partial charge < -0.3 is 20.7 Å². The van der Waals surface area contributed by atoms with E-state index in [2.05, 4.69) is 19.2 Å². The summed E-state index contributed by atoms with van der Waals surface area (Å²) in [5, 5.41) is 2.70. The largest absolute Gasteiger partial charge is 0.450 e. The summed E-state index contributed by atoms with van der Waals surface area (Å²) in [5.74, 6) is 0.713. The van der Waals surface area contributed by atoms with Crippen molar-refractivity contribution in [1.29, 1.82) is 0 Å². The van der Waals surface area contributed by atoms with Gasteiger partial charge in [-0.1, -0.05) is 34.6 Å². The number of amides is 2. The molecule has 1 aliphatic carbocycles. The Balaban J connectivity index is 2.09. The van der Waals surface area contributed by atoms with E-state index in [0.29, 0.717) is 18.4 Å². The summed E-state index contributed by atoms with van der Waals surface area (Å²) >= 11 is 0. The van der Waals surface area contributed by atoms with Gasteiger partial charge in [0.2, 0.25) is 5.91 Å². The highest BCUT2D eigenvalue weighted by molar-refractivity contribution is 5.87. The Kier molecular flexibility index (Phi) is 4.19. The van der Waals surface area contributed by atoms with Crippen LogP contribution in [0.5, 0.6) is 0 Å². The maximum Gasteiger partial charge on any atom is 0.407 e. The van der Waals surface area contributed by atoms with Crippen LogP contribution in [0.15, 0.2) is 0 Å². The topological polar surface area (TPSA) is 84.7 Å². The van der Waals surface area contributed by atoms with Crippen LogP contribution in [0.4, 0.5) is 4.79 Å². The summed E-state index contributed by atoms with van der Waals surface area (Å²) in [6.07, 6.45) is -0.824. The standard InChI is InChI=1S/C16H29N3O3/c1-7-22-14(21)18-11(15(2,3)4)13(20)19-8-9-10(12(19)17)16(9,5)6/h9-12H,7-8,17H2,1-6H3,(H,18,21)/t9-,10-,11+,12-/m0/s1. The molecule has 0 spiro atoms. The molecule has 0 aromatic carbocycles. The van der Waals surface area contributed by atoms with Crippen LogP contribution in [0.25, 0.3) is 0 Å². The van der Waals surface area contributed by atoms with Crippen molar-refractivity contribution in [3.05, 3.63) is 0 Å². The molecule has 6 nitrogen and oxygen atoms in total. The van der Waals surface area contributed by atoms with E-state index in [0.717, 1.165) is 0 Å². The molecule has 0 unspecified atom stereocenters. The number of nitrogens with zero attached hydrogens (tertiary/aromatic N) is 1. The van der Waals surface area contributed by atoms with Crippen molar-refractivity contribution in [2.45, 2.75) is 53.8 Å². The third-order valence-corrected chi connectivity index (χ3v) is 5.19. The Labute approximate surface area is 132 Å². The number of likely N-dealkylation sites (tertiary alicyclic amines) is 1. The quantitative estimate of drug-likeness (QED) is 0.828. The molecule has 1 saturated carbocycles. The second-order valence-corrected chi connectivity index (χ2v) is 8.10. The zero-order chi connectivity index (χ0) is 16.9. The minimum absolute atomic E-state index is 0.115. The molecule has 2 fully saturated rings. The SMILES string of the molecule is CCOC(=O)N[C@H](C(=O)N1C[C@H]2[C@@H]([C@H]1N)C2(C)C)C(C)(C)C. The maximum absolute atomic E-state index is 12.9. The summed E-state index contributed by atoms with van der Waals surface area (Å²) in [6, 6.07) is -0.641. The number of hydrogen-bond acceptors (Lipinski definition) is 4. The lowest BCUT2D eigenvalue weighted by Gasteiger charge is -2.36. The van der Waals surface area contributed by atoms with Gasteiger partial charge in [-0.25, -0.2) is 4.79 Å². The number of hydrogen-bond donors (Lipinski definition) is 2. The van der Waals surface area contributed by atoms with E-state index >= 15 is 0 Å². The number of nitrogens with one attached hydrogen (secondary N) is 1. The lowest BCUT2D eigenvalue weighted by atomic mass is 9.85. The minimum atomic E-state index is -0.641. The van der Waals surface area contributed by atoms with Gasteiger partial charge in [0.1, 0.15) is 6.04 Å². The van der Waals surface area contributed by atoms with Crippen LogP contribution in [0.2, 0.25) is 0 Å². The van der Waals surface area contributed by atoms with Crippen LogP contribution in [-0.2, 0) is 9.53 Å². The summed E-state index contributed by atoms with van der Waals surface area (Å²) in [7, 11) is 0. The molecule has 22 heavy (non-hydrogen) atoms. The number of fused-ring (bicyclic) bond motifs is 1. The first kappa shape index (κ1) is 17.1. The summed E-state index contributed by atoms with van der Waals surface area (Å²) < 4.78 is 4.92. The van der Waals surface area contributed by atoms with Gasteiger partial charge in [0.05, 0.1) is 12.8 Å². The molecule has 0 radical (unpaired) electrons. The minimum Gasteiger partial charge on any atom is -0.450 e. The fraction of sp³-hybridized carbons (Fsp3) is 0.875. The Morgan fingerprint density at radius 2 is 2.00 bits per heavy atom. The van der Waals surface area contributed by atoms with E-state index < -0.39 is 17.6 Å². The Morgan fingerprint density at radius 3 is 2.41 bits per heavy atom. The van der Waals surface area contributed by atoms with Crippen LogP contribution < -0.4 is 11.1 Å². The first-order chi connectivity index (χ1) is 10.0. The molecule has 0 aromatic heterocycles. The van der Waals surface area contributed by atoms with Gasteiger partial charge in [-0.15, -0.1) is 0 Å². The molecule has 1 saturated heterocycles. The lowest BCUT2D eigenvalue weighted by molar-refractivity contribution is -0.138. The molecule has 3 N–H and O–H groups in total. The van der Waals surface area contributed by atoms with Gasteiger partial charge in [0.25, 0.3) is 0 Å². The summed E-state index contributed by atoms with van der Waals surface area (Å²) in [5.41, 5.74) is 6.09.